The van der Waals surface area contributed by atoms with E-state index in [1.807, 2.05) is 0 Å². The van der Waals surface area contributed by atoms with Crippen LogP contribution in [0.2, 0.25) is 0 Å². The lowest BCUT2D eigenvalue weighted by Gasteiger charge is -2.13. The number of methoxy groups -OCH3 is 1. The second-order valence-corrected chi connectivity index (χ2v) is 8.77. The van der Waals surface area contributed by atoms with E-state index in [-0.39, 0.29) is 16.4 Å². The first-order valence-electron chi connectivity index (χ1n) is 10.7. The molecule has 0 unspecified atom stereocenters. The van der Waals surface area contributed by atoms with Crippen LogP contribution in [-0.2, 0) is 10.9 Å². The summed E-state index contributed by atoms with van der Waals surface area (Å²) >= 11 is 8.56. The number of rotatable bonds is 8. The SMILES string of the molecule is COCCOc1ccc(C(=O)NC(=S)Nc2cccc(C(=O)Nc3cccc(C(F)(F)F)c3)c2)cc1Br. The van der Waals surface area contributed by atoms with Crippen molar-refractivity contribution in [2.24, 2.45) is 0 Å². The van der Waals surface area contributed by atoms with Gasteiger partial charge < -0.3 is 20.1 Å². The van der Waals surface area contributed by atoms with Crippen molar-refractivity contribution >= 4 is 56.4 Å². The number of thiocarbonyl (C=S) groups is 1. The van der Waals surface area contributed by atoms with Crippen LogP contribution in [0.4, 0.5) is 24.5 Å². The smallest absolute Gasteiger partial charge is 0.416 e. The van der Waals surface area contributed by atoms with Gasteiger partial charge >= 0.3 is 6.18 Å². The normalized spacial score (nSPS) is 10.9. The van der Waals surface area contributed by atoms with E-state index >= 15 is 0 Å². The second kappa shape index (κ2) is 12.7. The van der Waals surface area contributed by atoms with E-state index in [2.05, 4.69) is 31.9 Å². The number of carbonyl (C=O) groups excluding carboxylic acids is 2. The van der Waals surface area contributed by atoms with Gasteiger partial charge in [-0.1, -0.05) is 12.1 Å². The van der Waals surface area contributed by atoms with Crippen LogP contribution in [0.15, 0.2) is 71.2 Å². The molecule has 0 atom stereocenters. The zero-order chi connectivity index (χ0) is 27.0. The van der Waals surface area contributed by atoms with Crippen molar-refractivity contribution in [1.29, 1.82) is 0 Å². The van der Waals surface area contributed by atoms with Crippen molar-refractivity contribution in [3.63, 3.8) is 0 Å². The molecule has 0 radical (unpaired) electrons. The Morgan fingerprint density at radius 2 is 1.57 bits per heavy atom. The van der Waals surface area contributed by atoms with Crippen LogP contribution in [0.5, 0.6) is 5.75 Å². The monoisotopic (exact) mass is 595 g/mol. The van der Waals surface area contributed by atoms with E-state index in [4.69, 9.17) is 21.7 Å². The number of benzene rings is 3. The predicted octanol–water partition coefficient (Wildman–Crippen LogP) is 5.87. The molecule has 0 saturated heterocycles. The summed E-state index contributed by atoms with van der Waals surface area (Å²) in [5.74, 6) is -0.537. The highest BCUT2D eigenvalue weighted by Crippen LogP contribution is 2.31. The average molecular weight is 596 g/mol. The van der Waals surface area contributed by atoms with Gasteiger partial charge in [-0.25, -0.2) is 0 Å². The van der Waals surface area contributed by atoms with Crippen LogP contribution in [0.3, 0.4) is 0 Å². The molecule has 0 aliphatic heterocycles. The van der Waals surface area contributed by atoms with Gasteiger partial charge in [0.1, 0.15) is 12.4 Å². The van der Waals surface area contributed by atoms with E-state index in [0.717, 1.165) is 12.1 Å². The molecular formula is C25H21BrF3N3O4S. The highest BCUT2D eigenvalue weighted by atomic mass is 79.9. The lowest BCUT2D eigenvalue weighted by Crippen LogP contribution is -2.34. The highest BCUT2D eigenvalue weighted by Gasteiger charge is 2.30. The number of halogens is 4. The first-order chi connectivity index (χ1) is 17.6. The van der Waals surface area contributed by atoms with E-state index < -0.39 is 23.6 Å². The Morgan fingerprint density at radius 1 is 0.892 bits per heavy atom. The minimum atomic E-state index is -4.53. The van der Waals surface area contributed by atoms with Crippen molar-refractivity contribution in [3.05, 3.63) is 87.9 Å². The van der Waals surface area contributed by atoms with Crippen molar-refractivity contribution in [1.82, 2.24) is 5.32 Å². The van der Waals surface area contributed by atoms with Crippen LogP contribution in [0, 0.1) is 0 Å². The van der Waals surface area contributed by atoms with Gasteiger partial charge in [-0.2, -0.15) is 13.2 Å². The third-order valence-electron chi connectivity index (χ3n) is 4.80. The summed E-state index contributed by atoms with van der Waals surface area (Å²) in [5, 5.41) is 7.78. The number of amides is 2. The first kappa shape index (κ1) is 28.1. The predicted molar refractivity (Wildman–Crippen MR) is 141 cm³/mol. The van der Waals surface area contributed by atoms with Gasteiger partial charge in [0.25, 0.3) is 11.8 Å². The lowest BCUT2D eigenvalue weighted by atomic mass is 10.1. The van der Waals surface area contributed by atoms with Crippen molar-refractivity contribution < 1.29 is 32.2 Å². The molecule has 2 amide bonds. The van der Waals surface area contributed by atoms with E-state index in [1.165, 1.54) is 24.3 Å². The standard InChI is InChI=1S/C25H21BrF3N3O4S/c1-35-10-11-36-21-9-8-16(13-20(21)26)23(34)32-24(37)31-18-6-2-4-15(12-18)22(33)30-19-7-3-5-17(14-19)25(27,28)29/h2-9,12-14H,10-11H2,1H3,(H,30,33)(H2,31,32,34,37). The number of carbonyl (C=O) groups is 2. The Labute approximate surface area is 224 Å². The van der Waals surface area contributed by atoms with Gasteiger partial charge in [0, 0.05) is 29.6 Å². The van der Waals surface area contributed by atoms with Crippen LogP contribution in [0.25, 0.3) is 0 Å². The van der Waals surface area contributed by atoms with Crippen LogP contribution >= 0.6 is 28.1 Å². The topological polar surface area (TPSA) is 88.7 Å². The van der Waals surface area contributed by atoms with Gasteiger partial charge in [-0.05, 0) is 82.7 Å². The molecule has 0 fully saturated rings. The number of hydrogen-bond acceptors (Lipinski definition) is 5. The third-order valence-corrected chi connectivity index (χ3v) is 5.62. The molecule has 0 spiro atoms. The van der Waals surface area contributed by atoms with E-state index in [9.17, 15) is 22.8 Å². The van der Waals surface area contributed by atoms with Gasteiger partial charge in [-0.3, -0.25) is 14.9 Å². The number of anilines is 2. The van der Waals surface area contributed by atoms with Crippen LogP contribution < -0.4 is 20.7 Å². The Hall–Kier alpha value is -3.48. The lowest BCUT2D eigenvalue weighted by molar-refractivity contribution is -0.137. The maximum absolute atomic E-state index is 12.9. The molecule has 37 heavy (non-hydrogen) atoms. The maximum atomic E-state index is 12.9. The number of nitrogens with one attached hydrogen (secondary N) is 3. The molecule has 7 nitrogen and oxygen atoms in total. The molecule has 0 bridgehead atoms. The molecule has 0 aliphatic rings. The summed E-state index contributed by atoms with van der Waals surface area (Å²) < 4.78 is 49.8. The third kappa shape index (κ3) is 8.27. The Balaban J connectivity index is 1.60. The molecule has 12 heteroatoms. The molecule has 194 valence electrons. The summed E-state index contributed by atoms with van der Waals surface area (Å²) in [7, 11) is 1.56. The summed E-state index contributed by atoms with van der Waals surface area (Å²) in [5.41, 5.74) is 0.0169. The number of alkyl halides is 3. The highest BCUT2D eigenvalue weighted by molar-refractivity contribution is 9.10. The van der Waals surface area contributed by atoms with Crippen molar-refractivity contribution in [3.8, 4) is 5.75 Å². The summed E-state index contributed by atoms with van der Waals surface area (Å²) in [6.45, 7) is 0.772. The van der Waals surface area contributed by atoms with Gasteiger partial charge in [-0.15, -0.1) is 0 Å². The van der Waals surface area contributed by atoms with Gasteiger partial charge in [0.2, 0.25) is 0 Å². The molecule has 0 aromatic heterocycles. The minimum Gasteiger partial charge on any atom is -0.490 e. The summed E-state index contributed by atoms with van der Waals surface area (Å²) in [4.78, 5) is 25.2. The molecule has 3 aromatic rings. The van der Waals surface area contributed by atoms with E-state index in [0.29, 0.717) is 34.7 Å². The molecular weight excluding hydrogens is 575 g/mol. The van der Waals surface area contributed by atoms with E-state index in [1.54, 1.807) is 37.4 Å². The fourth-order valence-electron chi connectivity index (χ4n) is 3.05. The molecule has 0 saturated carbocycles. The largest absolute Gasteiger partial charge is 0.490 e. The zero-order valence-corrected chi connectivity index (χ0v) is 21.7. The molecule has 3 aromatic carbocycles. The Morgan fingerprint density at radius 3 is 2.24 bits per heavy atom. The number of hydrogen-bond donors (Lipinski definition) is 3. The molecule has 0 heterocycles. The van der Waals surface area contributed by atoms with Crippen molar-refractivity contribution in [2.45, 2.75) is 6.18 Å². The first-order valence-corrected chi connectivity index (χ1v) is 11.9. The summed E-state index contributed by atoms with van der Waals surface area (Å²) in [6, 6.07) is 15.2. The molecule has 3 N–H and O–H groups in total. The second-order valence-electron chi connectivity index (χ2n) is 7.51. The zero-order valence-electron chi connectivity index (χ0n) is 19.3. The maximum Gasteiger partial charge on any atom is 0.416 e. The van der Waals surface area contributed by atoms with Crippen LogP contribution in [0.1, 0.15) is 26.3 Å². The Bertz CT molecular complexity index is 1300. The fraction of sp³-hybridized carbons (Fsp3) is 0.160. The number of ether oxygens (including phenoxy) is 2. The van der Waals surface area contributed by atoms with Gasteiger partial charge in [0.05, 0.1) is 16.6 Å². The molecule has 3 rings (SSSR count). The minimum absolute atomic E-state index is 0.00208. The summed E-state index contributed by atoms with van der Waals surface area (Å²) in [6.07, 6.45) is -4.53. The quantitative estimate of drug-likeness (QED) is 0.223. The average Bonchev–Trinajstić information content (AvgIpc) is 2.84. The fourth-order valence-corrected chi connectivity index (χ4v) is 3.75. The van der Waals surface area contributed by atoms with Crippen molar-refractivity contribution in [2.75, 3.05) is 31.0 Å². The van der Waals surface area contributed by atoms with Crippen LogP contribution in [-0.4, -0.2) is 37.3 Å². The molecule has 0 aliphatic carbocycles. The van der Waals surface area contributed by atoms with Gasteiger partial charge in [0.15, 0.2) is 5.11 Å². The Kier molecular flexibility index (Phi) is 9.61.